The second-order valence-corrected chi connectivity index (χ2v) is 14.3. The smallest absolute Gasteiger partial charge is 0.229 e. The number of nitrogens with zero attached hydrogens (tertiary/aromatic N) is 2. The second-order valence-electron chi connectivity index (χ2n) is 11.5. The number of amides is 1. The molecule has 1 saturated heterocycles. The molecule has 0 aromatic heterocycles. The summed E-state index contributed by atoms with van der Waals surface area (Å²) in [5, 5.41) is 1.27. The molecule has 1 amide bonds. The normalized spacial score (nSPS) is 25.2. The molecule has 8 heteroatoms. The van der Waals surface area contributed by atoms with E-state index in [4.69, 9.17) is 23.2 Å². The van der Waals surface area contributed by atoms with Crippen LogP contribution in [-0.4, -0.2) is 48.4 Å². The first-order valence-corrected chi connectivity index (χ1v) is 15.9. The molecule has 38 heavy (non-hydrogen) atoms. The van der Waals surface area contributed by atoms with Crippen molar-refractivity contribution in [1.82, 2.24) is 9.21 Å². The molecule has 1 aliphatic heterocycles. The minimum absolute atomic E-state index is 0.0461. The highest BCUT2D eigenvalue weighted by molar-refractivity contribution is 7.88. The van der Waals surface area contributed by atoms with E-state index in [2.05, 4.69) is 12.6 Å². The Bertz CT molecular complexity index is 1280. The summed E-state index contributed by atoms with van der Waals surface area (Å²) >= 11 is 12.7. The zero-order chi connectivity index (χ0) is 27.8. The molecule has 5 nitrogen and oxygen atoms in total. The Morgan fingerprint density at radius 3 is 2.29 bits per heavy atom. The van der Waals surface area contributed by atoms with Gasteiger partial charge in [0.1, 0.15) is 0 Å². The van der Waals surface area contributed by atoms with Gasteiger partial charge in [0.15, 0.2) is 0 Å². The van der Waals surface area contributed by atoms with Gasteiger partial charge in [0.25, 0.3) is 0 Å². The van der Waals surface area contributed by atoms with Crippen LogP contribution in [0.1, 0.15) is 69.5 Å². The third-order valence-corrected chi connectivity index (χ3v) is 9.99. The van der Waals surface area contributed by atoms with Crippen molar-refractivity contribution < 1.29 is 13.2 Å². The lowest BCUT2D eigenvalue weighted by molar-refractivity contribution is -0.155. The molecule has 2 fully saturated rings. The molecule has 2 aliphatic rings. The van der Waals surface area contributed by atoms with Crippen LogP contribution in [0.15, 0.2) is 61.2 Å². The topological polar surface area (TPSA) is 57.7 Å². The lowest BCUT2D eigenvalue weighted by Crippen LogP contribution is -2.59. The first kappa shape index (κ1) is 29.1. The summed E-state index contributed by atoms with van der Waals surface area (Å²) in [6.45, 7) is 10.0. The number of carbonyl (C=O) groups is 1. The van der Waals surface area contributed by atoms with Gasteiger partial charge in [-0.1, -0.05) is 60.5 Å². The average Bonchev–Trinajstić information content (AvgIpc) is 3.67. The fraction of sp³-hybridized carbons (Fsp3) is 0.500. The van der Waals surface area contributed by atoms with E-state index in [9.17, 15) is 13.2 Å². The first-order chi connectivity index (χ1) is 17.9. The monoisotopic (exact) mass is 576 g/mol. The highest BCUT2D eigenvalue weighted by atomic mass is 35.5. The molecular formula is C30H38Cl2N2O3S. The molecule has 2 aromatic rings. The largest absolute Gasteiger partial charge is 0.330 e. The zero-order valence-electron chi connectivity index (χ0n) is 22.6. The van der Waals surface area contributed by atoms with Crippen molar-refractivity contribution in [2.45, 2.75) is 70.5 Å². The number of hydrogen-bond donors (Lipinski definition) is 0. The molecule has 206 valence electrons. The number of hydrogen-bond acceptors (Lipinski definition) is 3. The molecule has 4 unspecified atom stereocenters. The van der Waals surface area contributed by atoms with Crippen molar-refractivity contribution in [2.75, 3.05) is 12.8 Å². The van der Waals surface area contributed by atoms with E-state index < -0.39 is 15.4 Å². The molecule has 2 aromatic carbocycles. The average molecular weight is 578 g/mol. The van der Waals surface area contributed by atoms with Crippen molar-refractivity contribution in [3.05, 3.63) is 82.4 Å². The third-order valence-electron chi connectivity index (χ3n) is 8.08. The molecule has 0 spiro atoms. The Labute approximate surface area is 237 Å². The van der Waals surface area contributed by atoms with E-state index in [1.54, 1.807) is 0 Å². The van der Waals surface area contributed by atoms with Crippen LogP contribution in [0.5, 0.6) is 0 Å². The van der Waals surface area contributed by atoms with Crippen LogP contribution in [0.3, 0.4) is 0 Å². The first-order valence-electron chi connectivity index (χ1n) is 13.3. The van der Waals surface area contributed by atoms with Gasteiger partial charge in [-0.05, 0) is 80.8 Å². The summed E-state index contributed by atoms with van der Waals surface area (Å²) in [6.07, 6.45) is 6.16. The van der Waals surface area contributed by atoms with Gasteiger partial charge in [-0.25, -0.2) is 8.42 Å². The molecule has 1 heterocycles. The van der Waals surface area contributed by atoms with E-state index >= 15 is 0 Å². The van der Waals surface area contributed by atoms with Crippen LogP contribution in [0.2, 0.25) is 10.0 Å². The maximum Gasteiger partial charge on any atom is 0.229 e. The van der Waals surface area contributed by atoms with Crippen molar-refractivity contribution in [3.63, 3.8) is 0 Å². The number of carbonyl (C=O) groups excluding carboxylic acids is 1. The summed E-state index contributed by atoms with van der Waals surface area (Å²) in [7, 11) is -3.47. The standard InChI is InChI=1S/C30H38Cl2N2O3S/c1-6-16-30(4)18-26(23-8-7-9-25(32)17-23)28(22-12-14-24(31)15-13-22)34(29(30)35)27(21-10-11-21)19-33(20(2)3)38(5,36)37/h6-9,12-15,17,20-21,26-28H,1,10-11,16,18-19H2,2-5H3. The summed E-state index contributed by atoms with van der Waals surface area (Å²) < 4.78 is 27.2. The molecule has 0 N–H and O–H groups in total. The van der Waals surface area contributed by atoms with Gasteiger partial charge in [-0.15, -0.1) is 6.58 Å². The van der Waals surface area contributed by atoms with Crippen LogP contribution in [0, 0.1) is 11.3 Å². The number of allylic oxidation sites excluding steroid dienone is 1. The molecular weight excluding hydrogens is 539 g/mol. The molecule has 1 saturated carbocycles. The molecule has 1 aliphatic carbocycles. The third kappa shape index (κ3) is 6.14. The SMILES string of the molecule is C=CCC1(C)CC(c2cccc(Cl)c2)C(c2ccc(Cl)cc2)N(C(CN(C(C)C)S(C)(=O)=O)C2CC2)C1=O. The Balaban J connectivity index is 1.92. The Hall–Kier alpha value is -1.86. The molecule has 0 bridgehead atoms. The lowest BCUT2D eigenvalue weighted by atomic mass is 9.67. The number of sulfonamides is 1. The van der Waals surface area contributed by atoms with E-state index in [-0.39, 0.29) is 42.4 Å². The van der Waals surface area contributed by atoms with Crippen LogP contribution >= 0.6 is 23.2 Å². The zero-order valence-corrected chi connectivity index (χ0v) is 24.9. The maximum atomic E-state index is 14.6. The minimum atomic E-state index is -3.47. The van der Waals surface area contributed by atoms with Crippen LogP contribution in [-0.2, 0) is 14.8 Å². The lowest BCUT2D eigenvalue weighted by Gasteiger charge is -2.53. The van der Waals surface area contributed by atoms with Crippen LogP contribution in [0.4, 0.5) is 0 Å². The number of likely N-dealkylation sites (tertiary alicyclic amines) is 1. The second kappa shape index (κ2) is 11.3. The number of halogens is 2. The van der Waals surface area contributed by atoms with Gasteiger partial charge < -0.3 is 4.90 Å². The van der Waals surface area contributed by atoms with Crippen molar-refractivity contribution in [1.29, 1.82) is 0 Å². The van der Waals surface area contributed by atoms with Crippen LogP contribution in [0.25, 0.3) is 0 Å². The van der Waals surface area contributed by atoms with E-state index in [0.29, 0.717) is 22.9 Å². The van der Waals surface area contributed by atoms with E-state index in [1.165, 1.54) is 10.6 Å². The van der Waals surface area contributed by atoms with Crippen molar-refractivity contribution in [3.8, 4) is 0 Å². The highest BCUT2D eigenvalue weighted by Gasteiger charge is 2.54. The van der Waals surface area contributed by atoms with Crippen molar-refractivity contribution >= 4 is 39.1 Å². The van der Waals surface area contributed by atoms with E-state index in [1.807, 2.05) is 74.2 Å². The molecule has 0 radical (unpaired) electrons. The summed E-state index contributed by atoms with van der Waals surface area (Å²) in [5.74, 6) is 0.233. The quantitative estimate of drug-likeness (QED) is 0.284. The predicted octanol–water partition coefficient (Wildman–Crippen LogP) is 7.08. The predicted molar refractivity (Wildman–Crippen MR) is 156 cm³/mol. The van der Waals surface area contributed by atoms with Gasteiger partial charge in [0.05, 0.1) is 17.7 Å². The van der Waals surface area contributed by atoms with Gasteiger partial charge in [0.2, 0.25) is 15.9 Å². The summed E-state index contributed by atoms with van der Waals surface area (Å²) in [6, 6.07) is 14.8. The van der Waals surface area contributed by atoms with Gasteiger partial charge in [-0.2, -0.15) is 4.31 Å². The van der Waals surface area contributed by atoms with Gasteiger partial charge in [0, 0.05) is 34.6 Å². The fourth-order valence-electron chi connectivity index (χ4n) is 6.11. The minimum Gasteiger partial charge on any atom is -0.330 e. The molecule has 4 atom stereocenters. The van der Waals surface area contributed by atoms with Crippen LogP contribution < -0.4 is 0 Å². The Morgan fingerprint density at radius 1 is 1.11 bits per heavy atom. The maximum absolute atomic E-state index is 14.6. The van der Waals surface area contributed by atoms with Crippen molar-refractivity contribution in [2.24, 2.45) is 11.3 Å². The summed E-state index contributed by atoms with van der Waals surface area (Å²) in [4.78, 5) is 16.6. The highest BCUT2D eigenvalue weighted by Crippen LogP contribution is 2.54. The number of piperidine rings is 1. The fourth-order valence-corrected chi connectivity index (χ4v) is 7.63. The van der Waals surface area contributed by atoms with E-state index in [0.717, 1.165) is 24.0 Å². The Morgan fingerprint density at radius 2 is 1.76 bits per heavy atom. The number of benzene rings is 2. The summed E-state index contributed by atoms with van der Waals surface area (Å²) in [5.41, 5.74) is 1.36. The molecule has 4 rings (SSSR count). The number of rotatable bonds is 10. The van der Waals surface area contributed by atoms with Gasteiger partial charge in [-0.3, -0.25) is 4.79 Å². The Kier molecular flexibility index (Phi) is 8.68. The van der Waals surface area contributed by atoms with Gasteiger partial charge >= 0.3 is 0 Å².